The summed E-state index contributed by atoms with van der Waals surface area (Å²) in [6, 6.07) is -1.11. The second kappa shape index (κ2) is 8.53. The maximum Gasteiger partial charge on any atom is 0.372 e. The van der Waals surface area contributed by atoms with Crippen LogP contribution in [0.15, 0.2) is 5.16 Å². The Morgan fingerprint density at radius 2 is 2.17 bits per heavy atom. The van der Waals surface area contributed by atoms with Crippen molar-refractivity contribution in [2.45, 2.75) is 42.9 Å². The Bertz CT molecular complexity index is 862. The van der Waals surface area contributed by atoms with Gasteiger partial charge >= 0.3 is 17.7 Å². The van der Waals surface area contributed by atoms with Crippen molar-refractivity contribution in [3.8, 4) is 0 Å². The van der Waals surface area contributed by atoms with E-state index < -0.39 is 35.5 Å². The van der Waals surface area contributed by atoms with Crippen molar-refractivity contribution in [2.24, 2.45) is 0 Å². The molecule has 3 heterocycles. The van der Waals surface area contributed by atoms with Crippen molar-refractivity contribution in [1.29, 1.82) is 0 Å². The molecular formula is C15H21N7O7S. The largest absolute Gasteiger partial charge is 0.477 e. The van der Waals surface area contributed by atoms with Gasteiger partial charge in [0.15, 0.2) is 0 Å². The maximum atomic E-state index is 12.6. The third-order valence-corrected chi connectivity index (χ3v) is 5.65. The first-order valence-corrected chi connectivity index (χ1v) is 9.93. The van der Waals surface area contributed by atoms with E-state index in [0.29, 0.717) is 10.2 Å². The first-order valence-electron chi connectivity index (χ1n) is 8.94. The van der Waals surface area contributed by atoms with Crippen LogP contribution in [0.4, 0.5) is 0 Å². The highest BCUT2D eigenvalue weighted by Crippen LogP contribution is 2.34. The van der Waals surface area contributed by atoms with Crippen LogP contribution >= 0.6 is 11.8 Å². The Morgan fingerprint density at radius 3 is 2.77 bits per heavy atom. The van der Waals surface area contributed by atoms with Crippen molar-refractivity contribution in [2.75, 3.05) is 26.5 Å². The van der Waals surface area contributed by atoms with Crippen LogP contribution in [0.2, 0.25) is 0 Å². The number of nitrogens with one attached hydrogen (secondary N) is 1. The van der Waals surface area contributed by atoms with Crippen LogP contribution in [0, 0.1) is 0 Å². The standard InChI is InChI=1S/C15H21N7O7S/c1-8(20(2)3)21-14(17-18-19-21)30-7-10(23)16-9-6-28-22(12(9)25)15(13(26)27)5-4-11(24)29-15/h8-9H,4-7H2,1-3H3,(H,16,23)(H,26,27)/t8?,9-,15?/m0/s1. The lowest BCUT2D eigenvalue weighted by Crippen LogP contribution is -2.56. The van der Waals surface area contributed by atoms with Crippen molar-refractivity contribution < 1.29 is 33.9 Å². The lowest BCUT2D eigenvalue weighted by molar-refractivity contribution is -0.256. The van der Waals surface area contributed by atoms with Crippen molar-refractivity contribution in [3.63, 3.8) is 0 Å². The SMILES string of the molecule is CC(N(C)C)n1nnnc1SCC(=O)N[C@H]1CON(C2(C(=O)O)CCC(=O)O2)C1=O. The number of esters is 1. The summed E-state index contributed by atoms with van der Waals surface area (Å²) >= 11 is 1.08. The minimum Gasteiger partial charge on any atom is -0.477 e. The van der Waals surface area contributed by atoms with Gasteiger partial charge in [0.2, 0.25) is 11.1 Å². The Balaban J connectivity index is 1.58. The highest BCUT2D eigenvalue weighted by Gasteiger charge is 2.59. The molecule has 0 spiro atoms. The number of carbonyl (C=O) groups excluding carboxylic acids is 3. The number of aromatic nitrogens is 4. The average Bonchev–Trinajstić information content (AvgIpc) is 3.39. The van der Waals surface area contributed by atoms with Gasteiger partial charge in [0.05, 0.1) is 12.2 Å². The van der Waals surface area contributed by atoms with Crippen LogP contribution in [0.1, 0.15) is 25.9 Å². The predicted molar refractivity (Wildman–Crippen MR) is 97.4 cm³/mol. The fraction of sp³-hybridized carbons (Fsp3) is 0.667. The van der Waals surface area contributed by atoms with E-state index in [-0.39, 0.29) is 31.4 Å². The Hall–Kier alpha value is -2.78. The number of hydroxylamine groups is 2. The molecule has 2 saturated heterocycles. The van der Waals surface area contributed by atoms with Gasteiger partial charge in [-0.3, -0.25) is 24.1 Å². The molecule has 2 fully saturated rings. The fourth-order valence-corrected chi connectivity index (χ4v) is 3.61. The number of hydrogen-bond donors (Lipinski definition) is 2. The number of thioether (sulfide) groups is 1. The summed E-state index contributed by atoms with van der Waals surface area (Å²) in [5.41, 5.74) is -2.22. The van der Waals surface area contributed by atoms with Gasteiger partial charge < -0.3 is 15.2 Å². The number of ether oxygens (including phenoxy) is 1. The molecule has 15 heteroatoms. The zero-order chi connectivity index (χ0) is 22.1. The first kappa shape index (κ1) is 21.9. The topological polar surface area (TPSA) is 169 Å². The number of hydrogen-bond acceptors (Lipinski definition) is 11. The van der Waals surface area contributed by atoms with E-state index in [9.17, 15) is 24.3 Å². The van der Waals surface area contributed by atoms with Crippen LogP contribution in [0.5, 0.6) is 0 Å². The summed E-state index contributed by atoms with van der Waals surface area (Å²) in [5.74, 6) is -3.66. The molecule has 0 aromatic carbocycles. The van der Waals surface area contributed by atoms with E-state index in [1.165, 1.54) is 0 Å². The van der Waals surface area contributed by atoms with E-state index in [1.807, 2.05) is 25.9 Å². The van der Waals surface area contributed by atoms with Crippen LogP contribution in [0.3, 0.4) is 0 Å². The monoisotopic (exact) mass is 443 g/mol. The highest BCUT2D eigenvalue weighted by molar-refractivity contribution is 7.99. The zero-order valence-electron chi connectivity index (χ0n) is 16.5. The second-order valence-corrected chi connectivity index (χ2v) is 7.84. The first-order chi connectivity index (χ1) is 14.2. The number of carboxylic acid groups (broad SMARTS) is 1. The number of nitrogens with zero attached hydrogens (tertiary/aromatic N) is 6. The van der Waals surface area contributed by atoms with Crippen molar-refractivity contribution in [3.05, 3.63) is 0 Å². The second-order valence-electron chi connectivity index (χ2n) is 6.90. The molecule has 1 aromatic rings. The van der Waals surface area contributed by atoms with Gasteiger partial charge in [0.1, 0.15) is 18.8 Å². The average molecular weight is 443 g/mol. The van der Waals surface area contributed by atoms with E-state index in [1.54, 1.807) is 4.68 Å². The van der Waals surface area contributed by atoms with Gasteiger partial charge in [-0.2, -0.15) is 5.06 Å². The highest BCUT2D eigenvalue weighted by atomic mass is 32.2. The molecule has 2 amide bonds. The number of cyclic esters (lactones) is 1. The van der Waals surface area contributed by atoms with Crippen molar-refractivity contribution >= 4 is 35.5 Å². The third-order valence-electron chi connectivity index (χ3n) is 4.71. The normalized spacial score (nSPS) is 24.9. The smallest absolute Gasteiger partial charge is 0.372 e. The molecule has 14 nitrogen and oxygen atoms in total. The van der Waals surface area contributed by atoms with Gasteiger partial charge in [-0.05, 0) is 31.4 Å². The summed E-state index contributed by atoms with van der Waals surface area (Å²) in [5, 5.41) is 24.3. The van der Waals surface area contributed by atoms with Gasteiger partial charge in [-0.25, -0.2) is 9.48 Å². The molecule has 2 N–H and O–H groups in total. The molecule has 2 aliphatic rings. The van der Waals surface area contributed by atoms with Crippen LogP contribution < -0.4 is 5.32 Å². The Kier molecular flexibility index (Phi) is 6.23. The molecule has 30 heavy (non-hydrogen) atoms. The van der Waals surface area contributed by atoms with Crippen LogP contribution in [-0.4, -0.2) is 97.3 Å². The van der Waals surface area contributed by atoms with E-state index >= 15 is 0 Å². The number of amides is 2. The van der Waals surface area contributed by atoms with Gasteiger partial charge in [-0.15, -0.1) is 5.10 Å². The molecule has 164 valence electrons. The molecule has 0 aliphatic carbocycles. The number of carboxylic acids is 1. The summed E-state index contributed by atoms with van der Waals surface area (Å²) in [6.45, 7) is 1.61. The minimum atomic E-state index is -2.22. The van der Waals surface area contributed by atoms with Gasteiger partial charge in [-0.1, -0.05) is 11.8 Å². The molecule has 0 radical (unpaired) electrons. The molecule has 2 aliphatic heterocycles. The van der Waals surface area contributed by atoms with E-state index in [4.69, 9.17) is 9.57 Å². The molecule has 2 unspecified atom stereocenters. The number of aliphatic carboxylic acids is 1. The molecule has 1 aromatic heterocycles. The van der Waals surface area contributed by atoms with Crippen LogP contribution in [0.25, 0.3) is 0 Å². The summed E-state index contributed by atoms with van der Waals surface area (Å²) < 4.78 is 6.42. The van der Waals surface area contributed by atoms with Gasteiger partial charge in [0, 0.05) is 6.42 Å². The van der Waals surface area contributed by atoms with Crippen molar-refractivity contribution in [1.82, 2.24) is 35.5 Å². The number of carbonyl (C=O) groups is 4. The Labute approximate surface area is 174 Å². The fourth-order valence-electron chi connectivity index (χ4n) is 2.85. The van der Waals surface area contributed by atoms with Crippen LogP contribution in [-0.2, 0) is 28.8 Å². The lowest BCUT2D eigenvalue weighted by Gasteiger charge is -2.30. The lowest BCUT2D eigenvalue weighted by atomic mass is 10.1. The maximum absolute atomic E-state index is 12.6. The molecular weight excluding hydrogens is 422 g/mol. The molecule has 3 rings (SSSR count). The summed E-state index contributed by atoms with van der Waals surface area (Å²) in [7, 11) is 3.72. The summed E-state index contributed by atoms with van der Waals surface area (Å²) in [4.78, 5) is 55.0. The van der Waals surface area contributed by atoms with E-state index in [0.717, 1.165) is 11.8 Å². The quantitative estimate of drug-likeness (QED) is 0.343. The number of tetrazole rings is 1. The van der Waals surface area contributed by atoms with Gasteiger partial charge in [0.25, 0.3) is 5.91 Å². The Morgan fingerprint density at radius 1 is 1.43 bits per heavy atom. The molecule has 3 atom stereocenters. The number of rotatable bonds is 8. The van der Waals surface area contributed by atoms with E-state index in [2.05, 4.69) is 20.8 Å². The minimum absolute atomic E-state index is 0.0800. The summed E-state index contributed by atoms with van der Waals surface area (Å²) in [6.07, 6.45) is -0.533. The predicted octanol–water partition coefficient (Wildman–Crippen LogP) is -1.78. The molecule has 0 bridgehead atoms. The third kappa shape index (κ3) is 4.08. The zero-order valence-corrected chi connectivity index (χ0v) is 17.3. The molecule has 0 saturated carbocycles.